The molecule has 0 bridgehead atoms. The second-order valence-electron chi connectivity index (χ2n) is 6.12. The predicted molar refractivity (Wildman–Crippen MR) is 83.0 cm³/mol. The number of carbonyl (C=O) groups is 1. The number of hydrogen-bond acceptors (Lipinski definition) is 2. The molecule has 0 radical (unpaired) electrons. The van der Waals surface area contributed by atoms with Gasteiger partial charge in [-0.05, 0) is 50.3 Å². The molecule has 1 aliphatic rings. The first-order chi connectivity index (χ1) is 10.9. The van der Waals surface area contributed by atoms with E-state index in [0.717, 1.165) is 31.9 Å². The summed E-state index contributed by atoms with van der Waals surface area (Å²) in [5.41, 5.74) is 0.114. The van der Waals surface area contributed by atoms with Crippen molar-refractivity contribution < 1.29 is 18.0 Å². The lowest BCUT2D eigenvalue weighted by atomic mass is 9.91. The number of rotatable bonds is 5. The van der Waals surface area contributed by atoms with E-state index in [-0.39, 0.29) is 5.91 Å². The molecule has 0 aromatic heterocycles. The monoisotopic (exact) mass is 328 g/mol. The van der Waals surface area contributed by atoms with Crippen molar-refractivity contribution in [1.82, 2.24) is 10.2 Å². The zero-order valence-electron chi connectivity index (χ0n) is 13.3. The lowest BCUT2D eigenvalue weighted by molar-refractivity contribution is -0.137. The zero-order valence-corrected chi connectivity index (χ0v) is 13.3. The number of likely N-dealkylation sites (tertiary alicyclic amines) is 1. The Kier molecular flexibility index (Phi) is 6.04. The van der Waals surface area contributed by atoms with E-state index in [2.05, 4.69) is 5.32 Å². The molecule has 1 heterocycles. The second kappa shape index (κ2) is 7.81. The van der Waals surface area contributed by atoms with Crippen LogP contribution in [0, 0.1) is 5.92 Å². The molecule has 2 rings (SSSR count). The number of nitrogens with zero attached hydrogens (tertiary/aromatic N) is 1. The summed E-state index contributed by atoms with van der Waals surface area (Å²) in [5, 5.41) is 2.86. The van der Waals surface area contributed by atoms with Gasteiger partial charge in [0.2, 0.25) is 5.91 Å². The SMILES string of the molecule is CNCC(=O)N1CCC[C@@H](CCc2cccc(C(F)(F)F)c2)C1. The van der Waals surface area contributed by atoms with E-state index in [1.807, 2.05) is 4.90 Å². The Morgan fingerprint density at radius 3 is 2.87 bits per heavy atom. The van der Waals surface area contributed by atoms with Gasteiger partial charge in [0.25, 0.3) is 0 Å². The number of amides is 1. The van der Waals surface area contributed by atoms with E-state index in [4.69, 9.17) is 0 Å². The van der Waals surface area contributed by atoms with Crippen molar-refractivity contribution in [3.05, 3.63) is 35.4 Å². The first-order valence-electron chi connectivity index (χ1n) is 7.98. The van der Waals surface area contributed by atoms with Gasteiger partial charge in [-0.25, -0.2) is 0 Å². The summed E-state index contributed by atoms with van der Waals surface area (Å²) in [5.74, 6) is 0.454. The molecule has 128 valence electrons. The average molecular weight is 328 g/mol. The number of hydrogen-bond donors (Lipinski definition) is 1. The summed E-state index contributed by atoms with van der Waals surface area (Å²) in [7, 11) is 1.74. The van der Waals surface area contributed by atoms with Gasteiger partial charge in [-0.15, -0.1) is 0 Å². The maximum absolute atomic E-state index is 12.7. The van der Waals surface area contributed by atoms with Crippen LogP contribution in [-0.2, 0) is 17.4 Å². The number of aryl methyl sites for hydroxylation is 1. The minimum absolute atomic E-state index is 0.0938. The highest BCUT2D eigenvalue weighted by atomic mass is 19.4. The van der Waals surface area contributed by atoms with Gasteiger partial charge in [0.15, 0.2) is 0 Å². The molecular formula is C17H23F3N2O. The van der Waals surface area contributed by atoms with Crippen LogP contribution < -0.4 is 5.32 Å². The molecule has 0 spiro atoms. The average Bonchev–Trinajstić information content (AvgIpc) is 2.53. The smallest absolute Gasteiger partial charge is 0.341 e. The molecule has 1 N–H and O–H groups in total. The molecule has 3 nitrogen and oxygen atoms in total. The van der Waals surface area contributed by atoms with Gasteiger partial charge < -0.3 is 10.2 Å². The number of benzene rings is 1. The maximum atomic E-state index is 12.7. The summed E-state index contributed by atoms with van der Waals surface area (Å²) >= 11 is 0. The fraction of sp³-hybridized carbons (Fsp3) is 0.588. The molecule has 1 aromatic carbocycles. The molecule has 0 unspecified atom stereocenters. The molecule has 1 saturated heterocycles. The van der Waals surface area contributed by atoms with E-state index in [0.29, 0.717) is 31.0 Å². The van der Waals surface area contributed by atoms with E-state index < -0.39 is 11.7 Å². The van der Waals surface area contributed by atoms with Crippen molar-refractivity contribution >= 4 is 5.91 Å². The van der Waals surface area contributed by atoms with Crippen molar-refractivity contribution in [1.29, 1.82) is 0 Å². The van der Waals surface area contributed by atoms with Gasteiger partial charge in [0.1, 0.15) is 0 Å². The van der Waals surface area contributed by atoms with Crippen molar-refractivity contribution in [2.75, 3.05) is 26.7 Å². The Morgan fingerprint density at radius 2 is 2.17 bits per heavy atom. The topological polar surface area (TPSA) is 32.3 Å². The second-order valence-corrected chi connectivity index (χ2v) is 6.12. The molecule has 1 amide bonds. The molecule has 1 aliphatic heterocycles. The third kappa shape index (κ3) is 5.23. The first kappa shape index (κ1) is 17.8. The van der Waals surface area contributed by atoms with Crippen molar-refractivity contribution in [3.63, 3.8) is 0 Å². The van der Waals surface area contributed by atoms with Crippen LogP contribution in [-0.4, -0.2) is 37.5 Å². The zero-order chi connectivity index (χ0) is 16.9. The summed E-state index contributed by atoms with van der Waals surface area (Å²) in [4.78, 5) is 13.8. The Bertz CT molecular complexity index is 531. The Balaban J connectivity index is 1.89. The van der Waals surface area contributed by atoms with Crippen LogP contribution in [0.15, 0.2) is 24.3 Å². The molecule has 1 fully saturated rings. The van der Waals surface area contributed by atoms with Gasteiger partial charge in [0.05, 0.1) is 12.1 Å². The molecule has 0 aliphatic carbocycles. The minimum Gasteiger partial charge on any atom is -0.341 e. The van der Waals surface area contributed by atoms with Crippen LogP contribution in [0.4, 0.5) is 13.2 Å². The van der Waals surface area contributed by atoms with E-state index >= 15 is 0 Å². The molecule has 1 atom stereocenters. The number of likely N-dealkylation sites (N-methyl/N-ethyl adjacent to an activating group) is 1. The van der Waals surface area contributed by atoms with Crippen LogP contribution in [0.1, 0.15) is 30.4 Å². The number of nitrogens with one attached hydrogen (secondary N) is 1. The van der Waals surface area contributed by atoms with Crippen molar-refractivity contribution in [2.24, 2.45) is 5.92 Å². The van der Waals surface area contributed by atoms with Crippen LogP contribution in [0.25, 0.3) is 0 Å². The summed E-state index contributed by atoms with van der Waals surface area (Å²) in [6, 6.07) is 5.53. The first-order valence-corrected chi connectivity index (χ1v) is 7.98. The van der Waals surface area contributed by atoms with Crippen LogP contribution >= 0.6 is 0 Å². The van der Waals surface area contributed by atoms with Gasteiger partial charge in [-0.2, -0.15) is 13.2 Å². The molecule has 6 heteroatoms. The largest absolute Gasteiger partial charge is 0.416 e. The number of alkyl halides is 3. The van der Waals surface area contributed by atoms with E-state index in [9.17, 15) is 18.0 Å². The lowest BCUT2D eigenvalue weighted by Gasteiger charge is -2.33. The van der Waals surface area contributed by atoms with Crippen LogP contribution in [0.2, 0.25) is 0 Å². The van der Waals surface area contributed by atoms with Gasteiger partial charge in [-0.3, -0.25) is 4.79 Å². The highest BCUT2D eigenvalue weighted by Gasteiger charge is 2.30. The quantitative estimate of drug-likeness (QED) is 0.901. The Hall–Kier alpha value is -1.56. The summed E-state index contributed by atoms with van der Waals surface area (Å²) in [6.45, 7) is 1.82. The van der Waals surface area contributed by atoms with Crippen molar-refractivity contribution in [3.8, 4) is 0 Å². The third-order valence-corrected chi connectivity index (χ3v) is 4.30. The summed E-state index contributed by atoms with van der Waals surface area (Å²) in [6.07, 6.45) is -0.879. The van der Waals surface area contributed by atoms with E-state index in [1.54, 1.807) is 13.1 Å². The lowest BCUT2D eigenvalue weighted by Crippen LogP contribution is -2.43. The highest BCUT2D eigenvalue weighted by Crippen LogP contribution is 2.30. The molecular weight excluding hydrogens is 305 g/mol. The normalized spacial score (nSPS) is 19.0. The van der Waals surface area contributed by atoms with Crippen LogP contribution in [0.5, 0.6) is 0 Å². The highest BCUT2D eigenvalue weighted by molar-refractivity contribution is 5.78. The molecule has 0 saturated carbocycles. The molecule has 1 aromatic rings. The number of halogens is 3. The fourth-order valence-corrected chi connectivity index (χ4v) is 3.06. The predicted octanol–water partition coefficient (Wildman–Crippen LogP) is 3.10. The maximum Gasteiger partial charge on any atom is 0.416 e. The van der Waals surface area contributed by atoms with Gasteiger partial charge >= 0.3 is 6.18 Å². The Morgan fingerprint density at radius 1 is 1.39 bits per heavy atom. The van der Waals surface area contributed by atoms with Gasteiger partial charge in [0, 0.05) is 13.1 Å². The van der Waals surface area contributed by atoms with Crippen LogP contribution in [0.3, 0.4) is 0 Å². The fourth-order valence-electron chi connectivity index (χ4n) is 3.06. The van der Waals surface area contributed by atoms with Gasteiger partial charge in [-0.1, -0.05) is 18.2 Å². The van der Waals surface area contributed by atoms with E-state index in [1.165, 1.54) is 12.1 Å². The number of carbonyl (C=O) groups excluding carboxylic acids is 1. The molecule has 23 heavy (non-hydrogen) atoms. The van der Waals surface area contributed by atoms with Crippen molar-refractivity contribution in [2.45, 2.75) is 31.9 Å². The third-order valence-electron chi connectivity index (χ3n) is 4.30. The minimum atomic E-state index is -4.29. The number of piperidine rings is 1. The Labute approximate surface area is 134 Å². The summed E-state index contributed by atoms with van der Waals surface area (Å²) < 4.78 is 38.2. The standard InChI is InChI=1S/C17H23F3N2O/c1-21-11-16(23)22-9-3-5-14(12-22)8-7-13-4-2-6-15(10-13)17(18,19)20/h2,4,6,10,14,21H,3,5,7-9,11-12H2,1H3/t14-/m0/s1.